The fraction of sp³-hybridized carbons (Fsp3) is 0.647. The third-order valence-corrected chi connectivity index (χ3v) is 4.91. The predicted molar refractivity (Wildman–Crippen MR) is 80.1 cm³/mol. The van der Waals surface area contributed by atoms with E-state index in [0.717, 1.165) is 18.6 Å². The molecule has 0 aromatic heterocycles. The summed E-state index contributed by atoms with van der Waals surface area (Å²) < 4.78 is 6.51. The van der Waals surface area contributed by atoms with Crippen LogP contribution in [0, 0.1) is 0 Å². The topological polar surface area (TPSA) is 9.23 Å². The zero-order valence-corrected chi connectivity index (χ0v) is 12.3. The first kappa shape index (κ1) is 13.3. The van der Waals surface area contributed by atoms with E-state index in [-0.39, 0.29) is 11.0 Å². The van der Waals surface area contributed by atoms with Crippen LogP contribution in [0.2, 0.25) is 0 Å². The van der Waals surface area contributed by atoms with Crippen molar-refractivity contribution < 1.29 is 4.74 Å². The maximum atomic E-state index is 6.59. The van der Waals surface area contributed by atoms with Gasteiger partial charge in [-0.25, -0.2) is 0 Å². The highest BCUT2D eigenvalue weighted by Crippen LogP contribution is 2.40. The number of halogens is 1. The largest absolute Gasteiger partial charge is 0.487 e. The first-order chi connectivity index (χ1) is 9.27. The molecule has 0 bridgehead atoms. The Hall–Kier alpha value is -0.690. The van der Waals surface area contributed by atoms with E-state index >= 15 is 0 Å². The molecule has 0 N–H and O–H groups in total. The highest BCUT2D eigenvalue weighted by molar-refractivity contribution is 6.20. The number of rotatable bonds is 0. The molecule has 0 radical (unpaired) electrons. The fourth-order valence-corrected chi connectivity index (χ4v) is 4.06. The van der Waals surface area contributed by atoms with Gasteiger partial charge in [0.1, 0.15) is 11.4 Å². The molecule has 1 saturated carbocycles. The monoisotopic (exact) mass is 278 g/mol. The maximum Gasteiger partial charge on any atom is 0.123 e. The minimum Gasteiger partial charge on any atom is -0.487 e. The Morgan fingerprint density at radius 2 is 1.68 bits per heavy atom. The summed E-state index contributed by atoms with van der Waals surface area (Å²) in [5.74, 6) is 1.08. The molecule has 1 fully saturated rings. The van der Waals surface area contributed by atoms with Crippen LogP contribution in [0.5, 0.6) is 5.75 Å². The summed E-state index contributed by atoms with van der Waals surface area (Å²) >= 11 is 6.59. The maximum absolute atomic E-state index is 6.59. The molecule has 1 atom stereocenters. The van der Waals surface area contributed by atoms with E-state index in [1.807, 2.05) is 0 Å². The Labute approximate surface area is 121 Å². The summed E-state index contributed by atoms with van der Waals surface area (Å²) in [4.78, 5) is 0. The molecule has 2 heteroatoms. The lowest BCUT2D eigenvalue weighted by molar-refractivity contribution is 0.0359. The molecule has 1 nitrogen and oxygen atoms in total. The highest BCUT2D eigenvalue weighted by Gasteiger charge is 2.37. The lowest BCUT2D eigenvalue weighted by Crippen LogP contribution is -2.38. The van der Waals surface area contributed by atoms with Gasteiger partial charge in [0.25, 0.3) is 0 Å². The molecule has 19 heavy (non-hydrogen) atoms. The fourth-order valence-electron chi connectivity index (χ4n) is 3.62. The van der Waals surface area contributed by atoms with Crippen molar-refractivity contribution in [3.05, 3.63) is 29.8 Å². The molecule has 1 aromatic rings. The second-order valence-electron chi connectivity index (χ2n) is 6.17. The van der Waals surface area contributed by atoms with Crippen LogP contribution in [0.4, 0.5) is 0 Å². The van der Waals surface area contributed by atoms with E-state index in [4.69, 9.17) is 16.3 Å². The minimum atomic E-state index is -0.000556. The van der Waals surface area contributed by atoms with Crippen LogP contribution in [0.1, 0.15) is 56.9 Å². The SMILES string of the molecule is ClC1Cc2ccccc2OC2(CCCCCCC2)C1. The van der Waals surface area contributed by atoms with E-state index in [1.54, 1.807) is 0 Å². The number of hydrogen-bond donors (Lipinski definition) is 0. The molecule has 1 heterocycles. The summed E-state index contributed by atoms with van der Waals surface area (Å²) in [6.07, 6.45) is 10.9. The third-order valence-electron chi connectivity index (χ3n) is 4.60. The Kier molecular flexibility index (Phi) is 4.02. The van der Waals surface area contributed by atoms with E-state index in [2.05, 4.69) is 24.3 Å². The highest BCUT2D eigenvalue weighted by atomic mass is 35.5. The van der Waals surface area contributed by atoms with E-state index in [0.29, 0.717) is 0 Å². The Balaban J connectivity index is 1.88. The minimum absolute atomic E-state index is 0.000556. The Bertz CT molecular complexity index is 421. The van der Waals surface area contributed by atoms with E-state index in [1.165, 1.54) is 50.5 Å². The molecule has 1 aliphatic heterocycles. The molecule has 1 aliphatic carbocycles. The van der Waals surface area contributed by atoms with Crippen LogP contribution < -0.4 is 4.74 Å². The average molecular weight is 279 g/mol. The number of hydrogen-bond acceptors (Lipinski definition) is 1. The smallest absolute Gasteiger partial charge is 0.123 e. The molecular formula is C17H23ClO. The molecule has 1 unspecified atom stereocenters. The number of benzene rings is 1. The van der Waals surface area contributed by atoms with Crippen LogP contribution in [-0.2, 0) is 6.42 Å². The van der Waals surface area contributed by atoms with Gasteiger partial charge in [0, 0.05) is 11.8 Å². The number of para-hydroxylation sites is 1. The predicted octanol–water partition coefficient (Wildman–Crippen LogP) is 5.10. The van der Waals surface area contributed by atoms with Crippen molar-refractivity contribution in [1.82, 2.24) is 0 Å². The van der Waals surface area contributed by atoms with Gasteiger partial charge in [-0.3, -0.25) is 0 Å². The lowest BCUT2D eigenvalue weighted by Gasteiger charge is -2.36. The van der Waals surface area contributed by atoms with Crippen molar-refractivity contribution in [3.63, 3.8) is 0 Å². The van der Waals surface area contributed by atoms with Gasteiger partial charge < -0.3 is 4.74 Å². The van der Waals surface area contributed by atoms with Gasteiger partial charge in [-0.2, -0.15) is 0 Å². The first-order valence-electron chi connectivity index (χ1n) is 7.68. The molecule has 2 aliphatic rings. The van der Waals surface area contributed by atoms with Gasteiger partial charge in [-0.1, -0.05) is 37.5 Å². The normalized spacial score (nSPS) is 26.7. The summed E-state index contributed by atoms with van der Waals surface area (Å²) in [6, 6.07) is 8.43. The van der Waals surface area contributed by atoms with Gasteiger partial charge in [0.05, 0.1) is 0 Å². The molecule has 0 saturated heterocycles. The van der Waals surface area contributed by atoms with E-state index < -0.39 is 0 Å². The average Bonchev–Trinajstić information content (AvgIpc) is 2.50. The second-order valence-corrected chi connectivity index (χ2v) is 6.78. The standard InChI is InChI=1S/C17H23ClO/c18-15-12-14-8-4-5-9-16(14)19-17(13-15)10-6-2-1-3-7-11-17/h4-5,8-9,15H,1-3,6-7,10-13H2. The Morgan fingerprint density at radius 3 is 2.47 bits per heavy atom. The van der Waals surface area contributed by atoms with Crippen LogP contribution in [-0.4, -0.2) is 11.0 Å². The summed E-state index contributed by atoms with van der Waals surface area (Å²) in [5, 5.41) is 0.211. The molecule has 1 aromatic carbocycles. The van der Waals surface area contributed by atoms with Gasteiger partial charge >= 0.3 is 0 Å². The molecule has 104 valence electrons. The summed E-state index contributed by atoms with van der Waals surface area (Å²) in [6.45, 7) is 0. The van der Waals surface area contributed by atoms with Crippen molar-refractivity contribution in [2.24, 2.45) is 0 Å². The molecule has 0 amide bonds. The van der Waals surface area contributed by atoms with Crippen LogP contribution in [0.25, 0.3) is 0 Å². The van der Waals surface area contributed by atoms with Gasteiger partial charge in [-0.05, 0) is 43.7 Å². The van der Waals surface area contributed by atoms with Crippen LogP contribution >= 0.6 is 11.6 Å². The number of ether oxygens (including phenoxy) is 1. The van der Waals surface area contributed by atoms with Crippen LogP contribution in [0.3, 0.4) is 0 Å². The van der Waals surface area contributed by atoms with Crippen molar-refractivity contribution in [2.75, 3.05) is 0 Å². The summed E-state index contributed by atoms with van der Waals surface area (Å²) in [7, 11) is 0. The Morgan fingerprint density at radius 1 is 1.00 bits per heavy atom. The zero-order valence-electron chi connectivity index (χ0n) is 11.5. The van der Waals surface area contributed by atoms with Crippen molar-refractivity contribution >= 4 is 11.6 Å². The third kappa shape index (κ3) is 3.08. The number of fused-ring (bicyclic) bond motifs is 1. The second kappa shape index (κ2) is 5.75. The summed E-state index contributed by atoms with van der Waals surface area (Å²) in [5.41, 5.74) is 1.28. The zero-order chi connectivity index (χ0) is 13.1. The van der Waals surface area contributed by atoms with Crippen molar-refractivity contribution in [1.29, 1.82) is 0 Å². The number of alkyl halides is 1. The molecule has 1 spiro atoms. The molecular weight excluding hydrogens is 256 g/mol. The van der Waals surface area contributed by atoms with Gasteiger partial charge in [0.2, 0.25) is 0 Å². The lowest BCUT2D eigenvalue weighted by atomic mass is 9.83. The van der Waals surface area contributed by atoms with Gasteiger partial charge in [0.15, 0.2) is 0 Å². The quantitative estimate of drug-likeness (QED) is 0.600. The molecule has 3 rings (SSSR count). The van der Waals surface area contributed by atoms with Crippen molar-refractivity contribution in [3.8, 4) is 5.75 Å². The van der Waals surface area contributed by atoms with Crippen molar-refractivity contribution in [2.45, 2.75) is 68.8 Å². The first-order valence-corrected chi connectivity index (χ1v) is 8.12. The van der Waals surface area contributed by atoms with Gasteiger partial charge in [-0.15, -0.1) is 11.6 Å². The van der Waals surface area contributed by atoms with Crippen LogP contribution in [0.15, 0.2) is 24.3 Å². The van der Waals surface area contributed by atoms with E-state index in [9.17, 15) is 0 Å².